The number of carbonyl (C=O) groups excluding carboxylic acids is 1. The Morgan fingerprint density at radius 1 is 1.41 bits per heavy atom. The van der Waals surface area contributed by atoms with Crippen LogP contribution < -0.4 is 5.32 Å². The summed E-state index contributed by atoms with van der Waals surface area (Å²) in [6.07, 6.45) is 3.54. The van der Waals surface area contributed by atoms with E-state index in [1.165, 1.54) is 31.0 Å². The molecule has 118 valence electrons. The number of nitrogens with one attached hydrogen (secondary N) is 1. The van der Waals surface area contributed by atoms with E-state index in [2.05, 4.69) is 10.2 Å². The van der Waals surface area contributed by atoms with Gasteiger partial charge in [0.05, 0.1) is 15.5 Å². The molecule has 1 unspecified atom stereocenters. The highest BCUT2D eigenvalue weighted by molar-refractivity contribution is 6.33. The van der Waals surface area contributed by atoms with Gasteiger partial charge in [0.1, 0.15) is 0 Å². The minimum absolute atomic E-state index is 0.0848. The van der Waals surface area contributed by atoms with Crippen molar-refractivity contribution in [3.8, 4) is 0 Å². The third-order valence-electron chi connectivity index (χ3n) is 4.23. The highest BCUT2D eigenvalue weighted by Crippen LogP contribution is 2.30. The molecule has 2 fully saturated rings. The molecule has 1 saturated heterocycles. The molecule has 3 rings (SSSR count). The summed E-state index contributed by atoms with van der Waals surface area (Å²) in [5.74, 6) is 0.493. The van der Waals surface area contributed by atoms with E-state index < -0.39 is 4.92 Å². The van der Waals surface area contributed by atoms with Crippen LogP contribution >= 0.6 is 11.6 Å². The molecule has 0 aromatic heterocycles. The molecule has 2 aliphatic rings. The lowest BCUT2D eigenvalue weighted by molar-refractivity contribution is -0.384. The Morgan fingerprint density at radius 3 is 2.86 bits per heavy atom. The van der Waals surface area contributed by atoms with Crippen molar-refractivity contribution in [2.75, 3.05) is 19.6 Å². The van der Waals surface area contributed by atoms with Crippen LogP contribution in [0, 0.1) is 16.0 Å². The number of benzene rings is 1. The topological polar surface area (TPSA) is 75.5 Å². The van der Waals surface area contributed by atoms with Crippen LogP contribution in [0.3, 0.4) is 0 Å². The van der Waals surface area contributed by atoms with Gasteiger partial charge in [0.2, 0.25) is 0 Å². The van der Waals surface area contributed by atoms with Crippen molar-refractivity contribution in [3.63, 3.8) is 0 Å². The molecule has 6 nitrogen and oxygen atoms in total. The number of amides is 1. The Morgan fingerprint density at radius 2 is 2.18 bits per heavy atom. The SMILES string of the molecule is O=C(NC1CCN(CC2CC2)C1)c1cc([N+](=O)[O-])ccc1Cl. The quantitative estimate of drug-likeness (QED) is 0.667. The van der Waals surface area contributed by atoms with Gasteiger partial charge < -0.3 is 10.2 Å². The summed E-state index contributed by atoms with van der Waals surface area (Å²) in [5, 5.41) is 14.0. The predicted molar refractivity (Wildman–Crippen MR) is 83.1 cm³/mol. The second kappa shape index (κ2) is 6.22. The molecule has 1 aromatic carbocycles. The number of nitro benzene ring substituents is 1. The molecule has 1 aliphatic carbocycles. The minimum Gasteiger partial charge on any atom is -0.348 e. The zero-order valence-corrected chi connectivity index (χ0v) is 12.9. The maximum absolute atomic E-state index is 12.3. The van der Waals surface area contributed by atoms with Crippen molar-refractivity contribution in [1.82, 2.24) is 10.2 Å². The second-order valence-electron chi connectivity index (χ2n) is 6.08. The smallest absolute Gasteiger partial charge is 0.270 e. The molecule has 1 atom stereocenters. The van der Waals surface area contributed by atoms with E-state index >= 15 is 0 Å². The fraction of sp³-hybridized carbons (Fsp3) is 0.533. The first-order valence-corrected chi connectivity index (χ1v) is 7.88. The number of hydrogen-bond acceptors (Lipinski definition) is 4. The second-order valence-corrected chi connectivity index (χ2v) is 6.49. The lowest BCUT2D eigenvalue weighted by Crippen LogP contribution is -2.37. The lowest BCUT2D eigenvalue weighted by Gasteiger charge is -2.16. The monoisotopic (exact) mass is 323 g/mol. The van der Waals surface area contributed by atoms with E-state index in [0.717, 1.165) is 32.0 Å². The van der Waals surface area contributed by atoms with Crippen molar-refractivity contribution in [3.05, 3.63) is 38.9 Å². The van der Waals surface area contributed by atoms with Crippen molar-refractivity contribution in [2.45, 2.75) is 25.3 Å². The van der Waals surface area contributed by atoms with Crippen LogP contribution in [0.4, 0.5) is 5.69 Å². The van der Waals surface area contributed by atoms with Crippen LogP contribution in [0.25, 0.3) is 0 Å². The summed E-state index contributed by atoms with van der Waals surface area (Å²) in [6.45, 7) is 2.95. The molecule has 22 heavy (non-hydrogen) atoms. The van der Waals surface area contributed by atoms with Gasteiger partial charge in [0, 0.05) is 37.8 Å². The van der Waals surface area contributed by atoms with Gasteiger partial charge >= 0.3 is 0 Å². The normalized spacial score (nSPS) is 21.8. The van der Waals surface area contributed by atoms with Gasteiger partial charge in [-0.05, 0) is 31.2 Å². The Balaban J connectivity index is 1.62. The van der Waals surface area contributed by atoms with Crippen molar-refractivity contribution < 1.29 is 9.72 Å². The first-order valence-electron chi connectivity index (χ1n) is 7.50. The van der Waals surface area contributed by atoms with Crippen LogP contribution in [0.2, 0.25) is 5.02 Å². The third kappa shape index (κ3) is 3.56. The molecular weight excluding hydrogens is 306 g/mol. The number of nitrogens with zero attached hydrogens (tertiary/aromatic N) is 2. The van der Waals surface area contributed by atoms with E-state index in [9.17, 15) is 14.9 Å². The highest BCUT2D eigenvalue weighted by Gasteiger charge is 2.30. The Bertz CT molecular complexity index is 604. The zero-order valence-electron chi connectivity index (χ0n) is 12.1. The molecule has 0 radical (unpaired) electrons. The summed E-state index contributed by atoms with van der Waals surface area (Å²) in [7, 11) is 0. The van der Waals surface area contributed by atoms with Gasteiger partial charge in [-0.15, -0.1) is 0 Å². The van der Waals surface area contributed by atoms with E-state index in [1.54, 1.807) is 0 Å². The number of nitro groups is 1. The number of rotatable bonds is 5. The molecule has 7 heteroatoms. The molecule has 1 aliphatic heterocycles. The molecular formula is C15H18ClN3O3. The average molecular weight is 324 g/mol. The Kier molecular flexibility index (Phi) is 4.31. The summed E-state index contributed by atoms with van der Waals surface area (Å²) >= 11 is 5.99. The van der Waals surface area contributed by atoms with E-state index in [1.807, 2.05) is 0 Å². The third-order valence-corrected chi connectivity index (χ3v) is 4.56. The molecule has 0 bridgehead atoms. The molecule has 1 aromatic rings. The van der Waals surface area contributed by atoms with Gasteiger partial charge in [0.15, 0.2) is 0 Å². The average Bonchev–Trinajstić information content (AvgIpc) is 3.18. The highest BCUT2D eigenvalue weighted by atomic mass is 35.5. The Hall–Kier alpha value is -1.66. The lowest BCUT2D eigenvalue weighted by atomic mass is 10.1. The van der Waals surface area contributed by atoms with E-state index in [-0.39, 0.29) is 28.2 Å². The summed E-state index contributed by atoms with van der Waals surface area (Å²) < 4.78 is 0. The van der Waals surface area contributed by atoms with Crippen molar-refractivity contribution in [1.29, 1.82) is 0 Å². The van der Waals surface area contributed by atoms with Gasteiger partial charge in [-0.2, -0.15) is 0 Å². The van der Waals surface area contributed by atoms with Gasteiger partial charge in [-0.25, -0.2) is 0 Å². The van der Waals surface area contributed by atoms with Gasteiger partial charge in [-0.3, -0.25) is 14.9 Å². The molecule has 1 amide bonds. The van der Waals surface area contributed by atoms with E-state index in [4.69, 9.17) is 11.6 Å². The molecule has 1 saturated carbocycles. The maximum Gasteiger partial charge on any atom is 0.270 e. The van der Waals surface area contributed by atoms with Crippen LogP contribution in [-0.2, 0) is 0 Å². The van der Waals surface area contributed by atoms with Gasteiger partial charge in [0.25, 0.3) is 11.6 Å². The summed E-state index contributed by atoms with van der Waals surface area (Å²) in [6, 6.07) is 4.00. The Labute approximate surface area is 133 Å². The zero-order chi connectivity index (χ0) is 15.7. The fourth-order valence-electron chi connectivity index (χ4n) is 2.85. The minimum atomic E-state index is -0.528. The van der Waals surface area contributed by atoms with Crippen LogP contribution in [0.15, 0.2) is 18.2 Å². The first kappa shape index (κ1) is 15.2. The van der Waals surface area contributed by atoms with Crippen LogP contribution in [0.5, 0.6) is 0 Å². The van der Waals surface area contributed by atoms with E-state index in [0.29, 0.717) is 0 Å². The largest absolute Gasteiger partial charge is 0.348 e. The van der Waals surface area contributed by atoms with Crippen LogP contribution in [-0.4, -0.2) is 41.4 Å². The van der Waals surface area contributed by atoms with Crippen LogP contribution in [0.1, 0.15) is 29.6 Å². The fourth-order valence-corrected chi connectivity index (χ4v) is 3.05. The van der Waals surface area contributed by atoms with Crippen molar-refractivity contribution >= 4 is 23.2 Å². The molecule has 1 N–H and O–H groups in total. The predicted octanol–water partition coefficient (Wildman–Crippen LogP) is 2.46. The standard InChI is InChI=1S/C15H18ClN3O3/c16-14-4-3-12(19(21)22)7-13(14)15(20)17-11-5-6-18(9-11)8-10-1-2-10/h3-4,7,10-11H,1-2,5-6,8-9H2,(H,17,20). The van der Waals surface area contributed by atoms with Crippen molar-refractivity contribution in [2.24, 2.45) is 5.92 Å². The first-order chi connectivity index (χ1) is 10.5. The number of non-ortho nitro benzene ring substituents is 1. The molecule has 0 spiro atoms. The summed E-state index contributed by atoms with van der Waals surface area (Å²) in [4.78, 5) is 25.0. The maximum atomic E-state index is 12.3. The number of hydrogen-bond donors (Lipinski definition) is 1. The summed E-state index contributed by atoms with van der Waals surface area (Å²) in [5.41, 5.74) is 0.0350. The number of halogens is 1. The van der Waals surface area contributed by atoms with Gasteiger partial charge in [-0.1, -0.05) is 11.6 Å². The number of likely N-dealkylation sites (tertiary alicyclic amines) is 1. The molecule has 1 heterocycles. The number of carbonyl (C=O) groups is 1.